The van der Waals surface area contributed by atoms with E-state index in [0.29, 0.717) is 11.4 Å². The molecular weight excluding hydrogens is 318 g/mol. The summed E-state index contributed by atoms with van der Waals surface area (Å²) < 4.78 is -0.529. The lowest BCUT2D eigenvalue weighted by Gasteiger charge is -2.12. The molecule has 0 bridgehead atoms. The number of benzene rings is 1. The fourth-order valence-electron chi connectivity index (χ4n) is 0.832. The standard InChI is InChI=1S/C8H5BrCl4/c9-7-3-6(8(11,12)13)2-1-5(7)4-10/h1-3H,4H2. The van der Waals surface area contributed by atoms with E-state index < -0.39 is 3.79 Å². The molecule has 0 amide bonds. The lowest BCUT2D eigenvalue weighted by atomic mass is 10.2. The van der Waals surface area contributed by atoms with Crippen LogP contribution in [0.4, 0.5) is 0 Å². The van der Waals surface area contributed by atoms with Crippen molar-refractivity contribution in [2.24, 2.45) is 0 Å². The van der Waals surface area contributed by atoms with Crippen LogP contribution in [0.1, 0.15) is 11.1 Å². The van der Waals surface area contributed by atoms with Gasteiger partial charge in [0.2, 0.25) is 3.79 Å². The second-order valence-electron chi connectivity index (χ2n) is 2.44. The molecule has 0 aliphatic rings. The summed E-state index contributed by atoms with van der Waals surface area (Å²) in [5.41, 5.74) is 1.60. The Morgan fingerprint density at radius 3 is 2.23 bits per heavy atom. The molecule has 1 rings (SSSR count). The van der Waals surface area contributed by atoms with Gasteiger partial charge in [0, 0.05) is 15.9 Å². The number of hydrogen-bond donors (Lipinski definition) is 0. The van der Waals surface area contributed by atoms with Crippen molar-refractivity contribution in [3.05, 3.63) is 33.8 Å². The molecule has 0 radical (unpaired) electrons. The number of rotatable bonds is 1. The average Bonchev–Trinajstić information content (AvgIpc) is 2.02. The Labute approximate surface area is 105 Å². The van der Waals surface area contributed by atoms with Gasteiger partial charge in [-0.25, -0.2) is 0 Å². The van der Waals surface area contributed by atoms with E-state index in [9.17, 15) is 0 Å². The molecule has 0 fully saturated rings. The van der Waals surface area contributed by atoms with Crippen LogP contribution in [0.5, 0.6) is 0 Å². The maximum atomic E-state index is 5.70. The summed E-state index contributed by atoms with van der Waals surface area (Å²) >= 11 is 26.1. The van der Waals surface area contributed by atoms with E-state index in [-0.39, 0.29) is 0 Å². The Hall–Kier alpha value is 0.860. The molecule has 0 saturated carbocycles. The fourth-order valence-corrected chi connectivity index (χ4v) is 2.10. The average molecular weight is 323 g/mol. The molecule has 0 atom stereocenters. The highest BCUT2D eigenvalue weighted by molar-refractivity contribution is 9.10. The summed E-state index contributed by atoms with van der Waals surface area (Å²) in [4.78, 5) is 0. The largest absolute Gasteiger partial charge is 0.216 e. The van der Waals surface area contributed by atoms with E-state index in [1.165, 1.54) is 0 Å². The van der Waals surface area contributed by atoms with Gasteiger partial charge in [-0.1, -0.05) is 62.9 Å². The summed E-state index contributed by atoms with van der Waals surface area (Å²) in [5.74, 6) is 0.431. The molecule has 1 aromatic rings. The molecular formula is C8H5BrCl4. The highest BCUT2D eigenvalue weighted by atomic mass is 79.9. The van der Waals surface area contributed by atoms with E-state index >= 15 is 0 Å². The second kappa shape index (κ2) is 4.59. The van der Waals surface area contributed by atoms with Crippen LogP contribution in [-0.4, -0.2) is 0 Å². The molecule has 0 aromatic heterocycles. The van der Waals surface area contributed by atoms with Crippen molar-refractivity contribution in [3.63, 3.8) is 0 Å². The molecule has 0 spiro atoms. The third-order valence-electron chi connectivity index (χ3n) is 1.52. The molecule has 0 aliphatic carbocycles. The van der Waals surface area contributed by atoms with E-state index in [4.69, 9.17) is 46.4 Å². The molecule has 13 heavy (non-hydrogen) atoms. The first-order valence-corrected chi connectivity index (χ1v) is 5.83. The normalized spacial score (nSPS) is 11.8. The van der Waals surface area contributed by atoms with Gasteiger partial charge in [0.05, 0.1) is 0 Å². The van der Waals surface area contributed by atoms with Gasteiger partial charge in [-0.2, -0.15) is 0 Å². The minimum Gasteiger partial charge on any atom is -0.122 e. The number of halogens is 5. The summed E-state index contributed by atoms with van der Waals surface area (Å²) in [5, 5.41) is 0. The fraction of sp³-hybridized carbons (Fsp3) is 0.250. The van der Waals surface area contributed by atoms with Crippen LogP contribution in [-0.2, 0) is 9.67 Å². The zero-order valence-electron chi connectivity index (χ0n) is 6.33. The Morgan fingerprint density at radius 2 is 1.85 bits per heavy atom. The Morgan fingerprint density at radius 1 is 1.23 bits per heavy atom. The van der Waals surface area contributed by atoms with Crippen molar-refractivity contribution >= 4 is 62.3 Å². The molecule has 5 heteroatoms. The predicted octanol–water partition coefficient (Wildman–Crippen LogP) is 5.01. The van der Waals surface area contributed by atoms with Crippen LogP contribution in [0.2, 0.25) is 0 Å². The molecule has 0 unspecified atom stereocenters. The Balaban J connectivity index is 3.10. The van der Waals surface area contributed by atoms with E-state index in [1.54, 1.807) is 12.1 Å². The van der Waals surface area contributed by atoms with Gasteiger partial charge in [-0.3, -0.25) is 0 Å². The first-order valence-electron chi connectivity index (χ1n) is 3.36. The van der Waals surface area contributed by atoms with Gasteiger partial charge < -0.3 is 0 Å². The van der Waals surface area contributed by atoms with Crippen molar-refractivity contribution in [2.45, 2.75) is 9.67 Å². The van der Waals surface area contributed by atoms with E-state index in [0.717, 1.165) is 10.0 Å². The maximum Gasteiger partial charge on any atom is 0.216 e. The Bertz CT molecular complexity index is 306. The molecule has 0 heterocycles. The zero-order chi connectivity index (χ0) is 10.1. The Kier molecular flexibility index (Phi) is 4.21. The van der Waals surface area contributed by atoms with Crippen LogP contribution in [0.15, 0.2) is 22.7 Å². The van der Waals surface area contributed by atoms with Crippen LogP contribution < -0.4 is 0 Å². The maximum absolute atomic E-state index is 5.70. The van der Waals surface area contributed by atoms with Crippen LogP contribution in [0.25, 0.3) is 0 Å². The van der Waals surface area contributed by atoms with Gasteiger partial charge in [0.1, 0.15) is 0 Å². The minimum atomic E-state index is -1.38. The highest BCUT2D eigenvalue weighted by Crippen LogP contribution is 2.39. The van der Waals surface area contributed by atoms with Crippen molar-refractivity contribution in [1.29, 1.82) is 0 Å². The van der Waals surface area contributed by atoms with Gasteiger partial charge in [-0.05, 0) is 11.6 Å². The molecule has 0 nitrogen and oxygen atoms in total. The summed E-state index contributed by atoms with van der Waals surface area (Å²) in [7, 11) is 0. The van der Waals surface area contributed by atoms with Crippen molar-refractivity contribution in [3.8, 4) is 0 Å². The third kappa shape index (κ3) is 3.17. The van der Waals surface area contributed by atoms with Gasteiger partial charge in [-0.15, -0.1) is 11.6 Å². The van der Waals surface area contributed by atoms with Crippen molar-refractivity contribution in [2.75, 3.05) is 0 Å². The van der Waals surface area contributed by atoms with E-state index in [2.05, 4.69) is 15.9 Å². The van der Waals surface area contributed by atoms with E-state index in [1.807, 2.05) is 6.07 Å². The first-order chi connectivity index (χ1) is 5.95. The minimum absolute atomic E-state index is 0.431. The van der Waals surface area contributed by atoms with Gasteiger partial charge >= 0.3 is 0 Å². The first kappa shape index (κ1) is 11.9. The van der Waals surface area contributed by atoms with Crippen molar-refractivity contribution < 1.29 is 0 Å². The highest BCUT2D eigenvalue weighted by Gasteiger charge is 2.23. The molecule has 0 N–H and O–H groups in total. The molecule has 0 saturated heterocycles. The van der Waals surface area contributed by atoms with Gasteiger partial charge in [0.25, 0.3) is 0 Å². The molecule has 1 aromatic carbocycles. The summed E-state index contributed by atoms with van der Waals surface area (Å²) in [6.07, 6.45) is 0. The lowest BCUT2D eigenvalue weighted by Crippen LogP contribution is -2.00. The SMILES string of the molecule is ClCc1ccc(C(Cl)(Cl)Cl)cc1Br. The van der Waals surface area contributed by atoms with Gasteiger partial charge in [0.15, 0.2) is 0 Å². The topological polar surface area (TPSA) is 0 Å². The van der Waals surface area contributed by atoms with Crippen LogP contribution in [0, 0.1) is 0 Å². The summed E-state index contributed by atoms with van der Waals surface area (Å²) in [6.45, 7) is 0. The monoisotopic (exact) mass is 320 g/mol. The predicted molar refractivity (Wildman–Crippen MR) is 62.9 cm³/mol. The number of hydrogen-bond acceptors (Lipinski definition) is 0. The second-order valence-corrected chi connectivity index (χ2v) is 5.84. The smallest absolute Gasteiger partial charge is 0.122 e. The van der Waals surface area contributed by atoms with Crippen molar-refractivity contribution in [1.82, 2.24) is 0 Å². The molecule has 72 valence electrons. The van der Waals surface area contributed by atoms with Crippen LogP contribution >= 0.6 is 62.3 Å². The number of alkyl halides is 4. The van der Waals surface area contributed by atoms with Crippen LogP contribution in [0.3, 0.4) is 0 Å². The quantitative estimate of drug-likeness (QED) is 0.637. The molecule has 0 aliphatic heterocycles. The zero-order valence-corrected chi connectivity index (χ0v) is 10.9. The third-order valence-corrected chi connectivity index (χ3v) is 3.21. The lowest BCUT2D eigenvalue weighted by molar-refractivity contribution is 1.21. The summed E-state index contributed by atoms with van der Waals surface area (Å²) in [6, 6.07) is 5.33.